The predicted molar refractivity (Wildman–Crippen MR) is 458 cm³/mol. The molecule has 3 saturated heterocycles. The summed E-state index contributed by atoms with van der Waals surface area (Å²) in [4.78, 5) is 27.2. The van der Waals surface area contributed by atoms with Gasteiger partial charge >= 0.3 is 38.4 Å². The Balaban J connectivity index is -0.000000360. The van der Waals surface area contributed by atoms with Crippen molar-refractivity contribution in [3.8, 4) is 0 Å². The highest BCUT2D eigenvalue weighted by Gasteiger charge is 2.42. The Kier molecular flexibility index (Phi) is 82.8. The first-order valence-electron chi connectivity index (χ1n) is 33.1. The molecule has 0 amide bonds. The summed E-state index contributed by atoms with van der Waals surface area (Å²) < 4.78 is 82.7. The number of rotatable bonds is 37. The van der Waals surface area contributed by atoms with E-state index in [0.717, 1.165) is 129 Å². The number of aromatic nitrogens is 4. The molecule has 0 radical (unpaired) electrons. The van der Waals surface area contributed by atoms with Crippen molar-refractivity contribution in [3.05, 3.63) is 44.0 Å². The molecule has 3 aliphatic rings. The maximum Gasteiger partial charge on any atom is 0.434 e. The molecule has 3 fully saturated rings. The maximum absolute atomic E-state index is 13.5. The second kappa shape index (κ2) is 75.2. The lowest BCUT2D eigenvalue weighted by Crippen LogP contribution is -2.41. The van der Waals surface area contributed by atoms with Crippen LogP contribution >= 0.6 is 242 Å². The maximum atomic E-state index is 13.5. The molecular weight excluding hydrogens is 2170 g/mol. The summed E-state index contributed by atoms with van der Waals surface area (Å²) in [6, 6.07) is 0. The summed E-state index contributed by atoms with van der Waals surface area (Å²) in [5.74, 6) is -0.515. The van der Waals surface area contributed by atoms with Crippen LogP contribution in [0.2, 0.25) is 0 Å². The average molecular weight is 2280 g/mol. The van der Waals surface area contributed by atoms with Gasteiger partial charge in [-0.25, -0.2) is 37.2 Å². The van der Waals surface area contributed by atoms with Crippen LogP contribution in [0.15, 0.2) is 12.4 Å². The highest BCUT2D eigenvalue weighted by atomic mass is 79.9. The van der Waals surface area contributed by atoms with Gasteiger partial charge in [0.25, 0.3) is 0 Å². The number of unbranched alkanes of at least 4 members (excludes halogenated alkanes) is 12. The molecular formula is C55H109Br10Cl5FN13O13P4. The number of nitrogens with two attached hydrogens (primary N) is 1. The van der Waals surface area contributed by atoms with E-state index in [0.29, 0.717) is 68.0 Å². The summed E-state index contributed by atoms with van der Waals surface area (Å²) in [7, 11) is -1.14. The third kappa shape index (κ3) is 57.5. The topological polar surface area (TPSA) is 326 Å². The van der Waals surface area contributed by atoms with E-state index in [4.69, 9.17) is 54.5 Å². The van der Waals surface area contributed by atoms with Crippen LogP contribution in [-0.4, -0.2) is 243 Å². The lowest BCUT2D eigenvalue weighted by molar-refractivity contribution is -0.396. The number of aliphatic hydroxyl groups excluding tert-OH is 4. The molecule has 0 aliphatic carbocycles. The molecule has 0 bridgehead atoms. The second-order valence-corrected chi connectivity index (χ2v) is 44.7. The van der Waals surface area contributed by atoms with Crippen LogP contribution in [0.4, 0.5) is 16.3 Å². The van der Waals surface area contributed by atoms with Crippen LogP contribution in [0.25, 0.3) is 0 Å². The molecule has 0 saturated carbocycles. The van der Waals surface area contributed by atoms with Gasteiger partial charge in [-0.2, -0.15) is 0 Å². The lowest BCUT2D eigenvalue weighted by Gasteiger charge is -2.41. The number of hydrogen-bond acceptors (Lipinski definition) is 16. The van der Waals surface area contributed by atoms with Gasteiger partial charge in [-0.3, -0.25) is 27.2 Å². The van der Waals surface area contributed by atoms with E-state index in [9.17, 15) is 42.9 Å². The first kappa shape index (κ1) is 111. The standard InChI is InChI=1S/C12H20Br2N5O4P.C9H18Br2.C9H20O2.2C7H14Br2ClN2OP.C5H7N3O3.C3H6Br2.C2H7NO.CH3F.Cl3OP/c1-16-11(9-15-12(16)19(20)21)10-23-24(22)17(7-3-13)5-2-6-18(24)8-4-14;2*10-8-6-4-2-1-3-5-7-9-11;2*8-2-6-11-4-1-5-12(7-3-9)14(11,10)13;1-7-4(3-9)2-6-5(7)8(10)11;4-2-1-3-5;3-1-2-4;1-2;1-5(2,3)4/h9H,2-8,10H2,1H3;1-9H2;10-11H,1-9H2;2*1-7H2;2,9H,3H2,1H3;1-3H2;4H,1-3H2;1H3;/i;;;;;;;;1D;. The quantitative estimate of drug-likeness (QED) is 0.0138. The van der Waals surface area contributed by atoms with E-state index in [1.807, 2.05) is 28.0 Å². The van der Waals surface area contributed by atoms with Gasteiger partial charge in [-0.05, 0) is 117 Å². The fraction of sp³-hybridized carbons (Fsp3) is 0.891. The number of alkyl halides is 11. The number of halogens is 16. The smallest absolute Gasteiger partial charge is 0.396 e. The summed E-state index contributed by atoms with van der Waals surface area (Å²) in [5.41, 5.74) is 5.72. The summed E-state index contributed by atoms with van der Waals surface area (Å²) in [6.45, 7) is 4.36. The molecule has 2 aromatic heterocycles. The highest BCUT2D eigenvalue weighted by molar-refractivity contribution is 9.10. The normalized spacial score (nSPS) is 15.9. The first-order valence-corrected chi connectivity index (χ1v) is 54.6. The fourth-order valence-corrected chi connectivity index (χ4v) is 22.9. The SMILES string of the molecule is BrCCCBr.BrCCCCCCCCCBr.Cn1c(CO)cnc1[N+](=O)[O-].Cn1c(COP2(=O)N(CCBr)CCCN2CCBr)cnc1[N+](=O)[O-].NCCO.O=P(Cl)(Cl)Cl.O=P1(Cl)N(CCBr)CCCN1CCBr.O=P1(Cl)N(CCBr)CCCN1CCBr.OCCCCCCCCCO.[2H]CF. The number of nitrogens with zero attached hydrogens (tertiary/aromatic N) is 12. The molecule has 6 N–H and O–H groups in total. The van der Waals surface area contributed by atoms with Crippen molar-refractivity contribution in [2.24, 2.45) is 19.8 Å². The number of aliphatic hydroxyl groups is 4. The highest BCUT2D eigenvalue weighted by Crippen LogP contribution is 2.62. The van der Waals surface area contributed by atoms with E-state index in [-0.39, 0.29) is 31.7 Å². The lowest BCUT2D eigenvalue weighted by atomic mass is 10.1. The molecule has 46 heteroatoms. The van der Waals surface area contributed by atoms with E-state index in [1.165, 1.54) is 110 Å². The minimum Gasteiger partial charge on any atom is -0.396 e. The van der Waals surface area contributed by atoms with Gasteiger partial charge in [0.15, 0.2) is 0 Å². The zero-order valence-corrected chi connectivity index (χ0v) is 80.8. The number of imidazole rings is 2. The molecule has 0 aromatic carbocycles. The van der Waals surface area contributed by atoms with Crippen molar-refractivity contribution in [3.63, 3.8) is 0 Å². The minimum absolute atomic E-state index is 0.00614. The fourth-order valence-electron chi connectivity index (χ4n) is 8.62. The van der Waals surface area contributed by atoms with Crippen LogP contribution in [0, 0.1) is 20.2 Å². The zero-order valence-electron chi connectivity index (χ0n) is 58.6. The number of nitro groups is 2. The van der Waals surface area contributed by atoms with Crippen molar-refractivity contribution in [2.75, 3.05) is 165 Å². The molecule has 3 aliphatic heterocycles. The van der Waals surface area contributed by atoms with E-state index in [2.05, 4.69) is 203 Å². The molecule has 26 nitrogen and oxygen atoms in total. The summed E-state index contributed by atoms with van der Waals surface area (Å²) in [5, 5.41) is 60.4. The Morgan fingerprint density at radius 1 is 0.515 bits per heavy atom. The molecule has 0 spiro atoms. The van der Waals surface area contributed by atoms with Crippen molar-refractivity contribution in [1.29, 1.82) is 0 Å². The predicted octanol–water partition coefficient (Wildman–Crippen LogP) is 19.5. The summed E-state index contributed by atoms with van der Waals surface area (Å²) >= 11 is 59.7. The Hall–Kier alpha value is 3.84. The Morgan fingerprint density at radius 2 is 0.762 bits per heavy atom. The van der Waals surface area contributed by atoms with Crippen LogP contribution < -0.4 is 5.73 Å². The Morgan fingerprint density at radius 3 is 0.980 bits per heavy atom. The van der Waals surface area contributed by atoms with E-state index < -0.39 is 43.5 Å². The van der Waals surface area contributed by atoms with Gasteiger partial charge in [0.2, 0.25) is 0 Å². The second-order valence-electron chi connectivity index (χ2n) is 20.9. The molecule has 604 valence electrons. The third-order valence-electron chi connectivity index (χ3n) is 13.6. The molecule has 5 rings (SSSR count). The van der Waals surface area contributed by atoms with Crippen LogP contribution in [-0.2, 0) is 50.1 Å². The van der Waals surface area contributed by atoms with Crippen molar-refractivity contribution < 1.29 is 58.8 Å². The monoisotopic (exact) mass is 2270 g/mol. The van der Waals surface area contributed by atoms with E-state index in [1.54, 1.807) is 7.05 Å². The largest absolute Gasteiger partial charge is 0.434 e. The molecule has 2 aromatic rings. The number of hydrogen-bond donors (Lipinski definition) is 5. The molecule has 101 heavy (non-hydrogen) atoms. The Labute approximate surface area is 709 Å². The first-order chi connectivity index (χ1) is 48.4. The zero-order chi connectivity index (χ0) is 78.9. The summed E-state index contributed by atoms with van der Waals surface area (Å²) in [6.07, 6.45) is 24.6. The van der Waals surface area contributed by atoms with Gasteiger partial charge in [-0.15, -0.1) is 0 Å². The minimum atomic E-state index is -3.22. The van der Waals surface area contributed by atoms with Gasteiger partial charge in [0, 0.05) is 152 Å². The van der Waals surface area contributed by atoms with Crippen LogP contribution in [0.1, 0.15) is 128 Å². The average Bonchev–Trinajstić information content (AvgIpc) is 0.936. The van der Waals surface area contributed by atoms with Gasteiger partial charge < -0.3 is 46.4 Å². The van der Waals surface area contributed by atoms with Crippen LogP contribution in [0.3, 0.4) is 0 Å². The van der Waals surface area contributed by atoms with Crippen molar-refractivity contribution >= 4 is 254 Å². The van der Waals surface area contributed by atoms with E-state index >= 15 is 0 Å². The van der Waals surface area contributed by atoms with Gasteiger partial charge in [0.05, 0.1) is 29.2 Å². The van der Waals surface area contributed by atoms with Crippen molar-refractivity contribution in [1.82, 2.24) is 47.1 Å². The molecule has 5 heterocycles. The molecule has 0 atom stereocenters. The van der Waals surface area contributed by atoms with Gasteiger partial charge in [0.1, 0.15) is 37.0 Å². The van der Waals surface area contributed by atoms with Gasteiger partial charge in [-0.1, -0.05) is 233 Å². The van der Waals surface area contributed by atoms with Crippen molar-refractivity contribution in [2.45, 2.75) is 129 Å². The van der Waals surface area contributed by atoms with Crippen LogP contribution in [0.5, 0.6) is 0 Å². The third-order valence-corrected chi connectivity index (χ3v) is 27.7. The molecule has 0 unspecified atom stereocenters. The Bertz CT molecular complexity index is 2370.